The predicted octanol–water partition coefficient (Wildman–Crippen LogP) is 5.72. The monoisotopic (exact) mass is 619 g/mol. The number of benzene rings is 1. The predicted molar refractivity (Wildman–Crippen MR) is 148 cm³/mol. The number of nitriles is 1. The Hall–Kier alpha value is -2.92. The Morgan fingerprint density at radius 2 is 1.55 bits per heavy atom. The van der Waals surface area contributed by atoms with Gasteiger partial charge in [-0.3, -0.25) is 19.4 Å². The summed E-state index contributed by atoms with van der Waals surface area (Å²) in [6.07, 6.45) is -5.54. The lowest BCUT2D eigenvalue weighted by atomic mass is 10.0. The van der Waals surface area contributed by atoms with Crippen LogP contribution in [-0.4, -0.2) is 81.6 Å². The topological polar surface area (TPSA) is 70.9 Å². The Morgan fingerprint density at radius 1 is 1.00 bits per heavy atom. The van der Waals surface area contributed by atoms with Crippen LogP contribution in [0.5, 0.6) is 0 Å². The van der Waals surface area contributed by atoms with Crippen LogP contribution in [0.25, 0.3) is 0 Å². The Labute approximate surface area is 247 Å². The van der Waals surface area contributed by atoms with Crippen molar-refractivity contribution in [1.82, 2.24) is 14.7 Å². The van der Waals surface area contributed by atoms with E-state index in [1.165, 1.54) is 12.1 Å². The number of piperazine rings is 1. The van der Waals surface area contributed by atoms with Crippen molar-refractivity contribution in [2.75, 3.05) is 31.1 Å². The van der Waals surface area contributed by atoms with E-state index >= 15 is 0 Å². The summed E-state index contributed by atoms with van der Waals surface area (Å²) in [4.78, 5) is 30.6. The molecule has 7 nitrogen and oxygen atoms in total. The molecule has 0 bridgehead atoms. The second kappa shape index (κ2) is 12.8. The largest absolute Gasteiger partial charge is 0.471 e. The summed E-state index contributed by atoms with van der Waals surface area (Å²) in [7, 11) is 0. The third-order valence-corrected chi connectivity index (χ3v) is 8.34. The van der Waals surface area contributed by atoms with Crippen LogP contribution >= 0.6 is 12.2 Å². The zero-order valence-corrected chi connectivity index (χ0v) is 24.8. The number of rotatable bonds is 9. The summed E-state index contributed by atoms with van der Waals surface area (Å²) in [5, 5.41) is 9.17. The highest BCUT2D eigenvalue weighted by Crippen LogP contribution is 2.38. The van der Waals surface area contributed by atoms with Crippen LogP contribution in [0.3, 0.4) is 0 Å². The van der Waals surface area contributed by atoms with E-state index in [0.717, 1.165) is 47.6 Å². The van der Waals surface area contributed by atoms with Crippen molar-refractivity contribution in [2.24, 2.45) is 0 Å². The lowest BCUT2D eigenvalue weighted by molar-refractivity contribution is -0.189. The van der Waals surface area contributed by atoms with Gasteiger partial charge in [-0.05, 0) is 77.5 Å². The summed E-state index contributed by atoms with van der Waals surface area (Å²) >= 11 is 5.52. The molecule has 1 aromatic rings. The van der Waals surface area contributed by atoms with Gasteiger partial charge in [0.25, 0.3) is 5.91 Å². The summed E-state index contributed by atoms with van der Waals surface area (Å²) in [5.74, 6) is -2.25. The van der Waals surface area contributed by atoms with E-state index in [1.54, 1.807) is 18.7 Å². The Bertz CT molecular complexity index is 1220. The lowest BCUT2D eigenvalue weighted by Crippen LogP contribution is -2.60. The molecule has 0 aliphatic carbocycles. The molecule has 2 amide bonds. The fourth-order valence-electron chi connectivity index (χ4n) is 5.68. The van der Waals surface area contributed by atoms with E-state index in [1.807, 2.05) is 13.8 Å². The molecule has 1 aromatic carbocycles. The first-order valence-corrected chi connectivity index (χ1v) is 14.2. The van der Waals surface area contributed by atoms with Gasteiger partial charge in [0, 0.05) is 31.7 Å². The standard InChI is InChI=1S/C28H35F6N5O2S/c1-18-16-36(24(41)28(32,33)34)17-19(2)37(18)12-8-6-5-7-9-13-38-25(42)39(23(40)26(38,3)4)21-11-10-20(15-35)22(14-21)27(29,30)31/h10-11,14,18-19H,5-9,12-13,16-17H2,1-4H3. The van der Waals surface area contributed by atoms with Crippen molar-refractivity contribution in [2.45, 2.75) is 89.8 Å². The first-order valence-electron chi connectivity index (χ1n) is 13.8. The summed E-state index contributed by atoms with van der Waals surface area (Å²) in [6, 6.07) is 4.24. The molecular weight excluding hydrogens is 584 g/mol. The minimum Gasteiger partial charge on any atom is -0.334 e. The average molecular weight is 620 g/mol. The minimum atomic E-state index is -4.87. The average Bonchev–Trinajstić information content (AvgIpc) is 3.05. The number of amides is 2. The molecular formula is C28H35F6N5O2S. The van der Waals surface area contributed by atoms with E-state index < -0.39 is 40.8 Å². The quantitative estimate of drug-likeness (QED) is 0.200. The molecule has 0 radical (unpaired) electrons. The summed E-state index contributed by atoms with van der Waals surface area (Å²) < 4.78 is 78.9. The smallest absolute Gasteiger partial charge is 0.334 e. The van der Waals surface area contributed by atoms with Crippen molar-refractivity contribution in [3.63, 3.8) is 0 Å². The second-order valence-electron chi connectivity index (χ2n) is 11.4. The van der Waals surface area contributed by atoms with E-state index in [-0.39, 0.29) is 36.0 Å². The minimum absolute atomic E-state index is 0.0317. The highest BCUT2D eigenvalue weighted by molar-refractivity contribution is 7.80. The van der Waals surface area contributed by atoms with E-state index in [9.17, 15) is 35.9 Å². The van der Waals surface area contributed by atoms with Gasteiger partial charge >= 0.3 is 18.3 Å². The molecule has 2 heterocycles. The van der Waals surface area contributed by atoms with E-state index in [4.69, 9.17) is 17.5 Å². The van der Waals surface area contributed by atoms with Crippen LogP contribution < -0.4 is 4.90 Å². The molecule has 2 atom stereocenters. The number of nitrogens with zero attached hydrogens (tertiary/aromatic N) is 5. The number of hydrogen-bond donors (Lipinski definition) is 0. The van der Waals surface area contributed by atoms with Crippen LogP contribution in [-0.2, 0) is 15.8 Å². The number of anilines is 1. The van der Waals surface area contributed by atoms with Crippen LogP contribution in [0.1, 0.15) is 70.9 Å². The van der Waals surface area contributed by atoms with Crippen LogP contribution in [0.2, 0.25) is 0 Å². The third-order valence-electron chi connectivity index (χ3n) is 7.94. The number of hydrogen-bond acceptors (Lipinski definition) is 5. The number of carbonyl (C=O) groups is 2. The van der Waals surface area contributed by atoms with Gasteiger partial charge in [-0.2, -0.15) is 31.6 Å². The molecule has 14 heteroatoms. The van der Waals surface area contributed by atoms with Gasteiger partial charge in [-0.15, -0.1) is 0 Å². The zero-order valence-electron chi connectivity index (χ0n) is 24.0. The molecule has 2 aliphatic rings. The normalized spacial score (nSPS) is 21.7. The SMILES string of the molecule is CC1CN(C(=O)C(F)(F)F)CC(C)N1CCCCCCCN1C(=S)N(c2ccc(C#N)c(C(F)(F)F)c2)C(=O)C1(C)C. The fraction of sp³-hybridized carbons (Fsp3) is 0.643. The molecule has 0 N–H and O–H groups in total. The van der Waals surface area contributed by atoms with Crippen molar-refractivity contribution in [3.05, 3.63) is 29.3 Å². The van der Waals surface area contributed by atoms with Gasteiger partial charge in [0.15, 0.2) is 5.11 Å². The van der Waals surface area contributed by atoms with Gasteiger partial charge in [0.1, 0.15) is 5.54 Å². The molecule has 3 rings (SSSR count). The molecule has 2 saturated heterocycles. The summed E-state index contributed by atoms with van der Waals surface area (Å²) in [5.41, 5.74) is -2.78. The van der Waals surface area contributed by atoms with Crippen molar-refractivity contribution < 1.29 is 35.9 Å². The van der Waals surface area contributed by atoms with Gasteiger partial charge in [-0.1, -0.05) is 19.3 Å². The van der Waals surface area contributed by atoms with Crippen LogP contribution in [0.4, 0.5) is 32.0 Å². The van der Waals surface area contributed by atoms with Crippen molar-refractivity contribution in [1.29, 1.82) is 5.26 Å². The van der Waals surface area contributed by atoms with Crippen molar-refractivity contribution >= 4 is 34.8 Å². The Kier molecular flexibility index (Phi) is 10.2. The van der Waals surface area contributed by atoms with Gasteiger partial charge in [0.05, 0.1) is 22.9 Å². The molecule has 232 valence electrons. The van der Waals surface area contributed by atoms with Gasteiger partial charge < -0.3 is 9.80 Å². The van der Waals surface area contributed by atoms with Crippen LogP contribution in [0, 0.1) is 11.3 Å². The molecule has 2 aliphatic heterocycles. The lowest BCUT2D eigenvalue weighted by Gasteiger charge is -2.44. The first kappa shape index (κ1) is 33.6. The second-order valence-corrected chi connectivity index (χ2v) is 11.7. The molecule has 42 heavy (non-hydrogen) atoms. The Balaban J connectivity index is 1.49. The third kappa shape index (κ3) is 7.16. The molecule has 2 fully saturated rings. The highest BCUT2D eigenvalue weighted by atomic mass is 32.1. The number of alkyl halides is 6. The van der Waals surface area contributed by atoms with E-state index in [0.29, 0.717) is 19.5 Å². The Morgan fingerprint density at radius 3 is 2.07 bits per heavy atom. The van der Waals surface area contributed by atoms with E-state index in [2.05, 4.69) is 4.90 Å². The highest BCUT2D eigenvalue weighted by Gasteiger charge is 2.49. The first-order chi connectivity index (χ1) is 19.4. The van der Waals surface area contributed by atoms with Gasteiger partial charge in [-0.25, -0.2) is 0 Å². The molecule has 2 unspecified atom stereocenters. The molecule has 0 spiro atoms. The molecule has 0 saturated carbocycles. The number of halogens is 6. The maximum Gasteiger partial charge on any atom is 0.471 e. The number of unbranched alkanes of at least 4 members (excludes halogenated alkanes) is 4. The van der Waals surface area contributed by atoms with Crippen molar-refractivity contribution in [3.8, 4) is 6.07 Å². The number of carbonyl (C=O) groups excluding carboxylic acids is 2. The number of thiocarbonyl (C=S) groups is 1. The maximum atomic E-state index is 13.5. The fourth-order valence-corrected chi connectivity index (χ4v) is 6.19. The zero-order chi connectivity index (χ0) is 31.6. The molecule has 0 aromatic heterocycles. The van der Waals surface area contributed by atoms with Gasteiger partial charge in [0.2, 0.25) is 0 Å². The van der Waals surface area contributed by atoms with Crippen LogP contribution in [0.15, 0.2) is 18.2 Å². The maximum absolute atomic E-state index is 13.5. The summed E-state index contributed by atoms with van der Waals surface area (Å²) in [6.45, 7) is 8.17.